The molecule has 1 atom stereocenters. The van der Waals surface area contributed by atoms with Gasteiger partial charge in [-0.05, 0) is 61.2 Å². The maximum atomic E-state index is 13.7. The topological polar surface area (TPSA) is 79.3 Å². The summed E-state index contributed by atoms with van der Waals surface area (Å²) in [4.78, 5) is 30.1. The van der Waals surface area contributed by atoms with Crippen molar-refractivity contribution in [3.05, 3.63) is 70.5 Å². The first-order valence-corrected chi connectivity index (χ1v) is 12.5. The van der Waals surface area contributed by atoms with Gasteiger partial charge in [-0.15, -0.1) is 0 Å². The molecule has 2 aliphatic rings. The molecule has 2 aromatic rings. The average Bonchev–Trinajstić information content (AvgIpc) is 3.13. The summed E-state index contributed by atoms with van der Waals surface area (Å²) < 4.78 is 24.8. The monoisotopic (exact) mass is 496 g/mol. The number of ether oxygens (including phenoxy) is 2. The molecule has 1 amide bonds. The normalized spacial score (nSPS) is 20.2. The van der Waals surface area contributed by atoms with E-state index in [1.54, 1.807) is 30.3 Å². The van der Waals surface area contributed by atoms with Crippen molar-refractivity contribution in [3.63, 3.8) is 0 Å². The fourth-order valence-electron chi connectivity index (χ4n) is 4.75. The van der Waals surface area contributed by atoms with Crippen LogP contribution in [0.25, 0.3) is 5.76 Å². The summed E-state index contributed by atoms with van der Waals surface area (Å²) >= 11 is 0. The lowest BCUT2D eigenvalue weighted by atomic mass is 9.94. The maximum absolute atomic E-state index is 13.7. The van der Waals surface area contributed by atoms with Crippen LogP contribution in [-0.2, 0) is 14.3 Å². The van der Waals surface area contributed by atoms with Crippen LogP contribution in [0.2, 0.25) is 0 Å². The van der Waals surface area contributed by atoms with Crippen LogP contribution in [0.3, 0.4) is 0 Å². The highest BCUT2D eigenvalue weighted by Gasteiger charge is 2.46. The van der Waals surface area contributed by atoms with Crippen LogP contribution in [-0.4, -0.2) is 72.6 Å². The molecule has 1 unspecified atom stereocenters. The van der Waals surface area contributed by atoms with Gasteiger partial charge in [-0.3, -0.25) is 14.5 Å². The van der Waals surface area contributed by atoms with Gasteiger partial charge in [0.15, 0.2) is 0 Å². The number of halogens is 1. The van der Waals surface area contributed by atoms with Gasteiger partial charge >= 0.3 is 0 Å². The van der Waals surface area contributed by atoms with Crippen LogP contribution in [0.4, 0.5) is 4.39 Å². The van der Waals surface area contributed by atoms with E-state index < -0.39 is 23.5 Å². The van der Waals surface area contributed by atoms with Gasteiger partial charge in [-0.25, -0.2) is 4.39 Å². The summed E-state index contributed by atoms with van der Waals surface area (Å²) in [6.45, 7) is 8.54. The molecule has 4 rings (SSSR count). The molecule has 8 heteroatoms. The lowest BCUT2D eigenvalue weighted by molar-refractivity contribution is -0.140. The smallest absolute Gasteiger partial charge is 0.295 e. The van der Waals surface area contributed by atoms with Gasteiger partial charge in [-0.2, -0.15) is 0 Å². The first-order chi connectivity index (χ1) is 17.4. The molecule has 192 valence electrons. The largest absolute Gasteiger partial charge is 0.507 e. The van der Waals surface area contributed by atoms with Crippen molar-refractivity contribution in [2.45, 2.75) is 32.7 Å². The van der Waals surface area contributed by atoms with Crippen LogP contribution in [0.15, 0.2) is 48.0 Å². The molecular formula is C28H33FN2O5. The molecule has 1 N–H and O–H groups in total. The van der Waals surface area contributed by atoms with E-state index in [2.05, 4.69) is 4.90 Å². The van der Waals surface area contributed by atoms with Gasteiger partial charge in [0.1, 0.15) is 17.3 Å². The minimum atomic E-state index is -0.800. The third-order valence-corrected chi connectivity index (χ3v) is 6.63. The lowest BCUT2D eigenvalue weighted by Crippen LogP contribution is -2.38. The molecule has 0 aliphatic carbocycles. The summed E-state index contributed by atoms with van der Waals surface area (Å²) in [5, 5.41) is 11.3. The molecule has 36 heavy (non-hydrogen) atoms. The zero-order chi connectivity index (χ0) is 25.7. The van der Waals surface area contributed by atoms with Crippen molar-refractivity contribution in [1.29, 1.82) is 0 Å². The van der Waals surface area contributed by atoms with E-state index >= 15 is 0 Å². The summed E-state index contributed by atoms with van der Waals surface area (Å²) in [5.41, 5.74) is 1.77. The highest BCUT2D eigenvalue weighted by atomic mass is 19.1. The Balaban J connectivity index is 1.66. The minimum Gasteiger partial charge on any atom is -0.507 e. The molecule has 2 fully saturated rings. The molecule has 0 aromatic heterocycles. The van der Waals surface area contributed by atoms with E-state index in [0.29, 0.717) is 49.7 Å². The molecule has 7 nitrogen and oxygen atoms in total. The summed E-state index contributed by atoms with van der Waals surface area (Å²) in [5.74, 6) is -1.38. The Morgan fingerprint density at radius 1 is 1.11 bits per heavy atom. The Hall–Kier alpha value is -3.23. The first kappa shape index (κ1) is 25.9. The molecule has 2 aliphatic heterocycles. The molecule has 0 bridgehead atoms. The van der Waals surface area contributed by atoms with Gasteiger partial charge in [0.05, 0.1) is 31.4 Å². The summed E-state index contributed by atoms with van der Waals surface area (Å²) in [6, 6.07) is 10.2. The number of hydrogen-bond donors (Lipinski definition) is 1. The number of aliphatic hydroxyl groups is 1. The molecule has 0 spiro atoms. The number of amides is 1. The van der Waals surface area contributed by atoms with Crippen molar-refractivity contribution in [3.8, 4) is 5.75 Å². The molecular weight excluding hydrogens is 463 g/mol. The van der Waals surface area contributed by atoms with Gasteiger partial charge in [0.25, 0.3) is 11.7 Å². The van der Waals surface area contributed by atoms with Crippen LogP contribution in [0.5, 0.6) is 5.75 Å². The Bertz CT molecular complexity index is 1130. The Morgan fingerprint density at radius 3 is 2.50 bits per heavy atom. The number of ketones is 1. The van der Waals surface area contributed by atoms with Crippen LogP contribution in [0.1, 0.15) is 42.5 Å². The van der Waals surface area contributed by atoms with Gasteiger partial charge in [0, 0.05) is 31.7 Å². The highest BCUT2D eigenvalue weighted by molar-refractivity contribution is 6.46. The highest BCUT2D eigenvalue weighted by Crippen LogP contribution is 2.40. The second-order valence-electron chi connectivity index (χ2n) is 9.18. The maximum Gasteiger partial charge on any atom is 0.295 e. The van der Waals surface area contributed by atoms with Crippen LogP contribution >= 0.6 is 0 Å². The minimum absolute atomic E-state index is 0.0170. The van der Waals surface area contributed by atoms with Crippen molar-refractivity contribution in [1.82, 2.24) is 9.80 Å². The molecule has 0 radical (unpaired) electrons. The van der Waals surface area contributed by atoms with Crippen molar-refractivity contribution in [2.24, 2.45) is 0 Å². The second kappa shape index (κ2) is 11.7. The van der Waals surface area contributed by atoms with E-state index in [4.69, 9.17) is 9.47 Å². The number of rotatable bonds is 9. The van der Waals surface area contributed by atoms with Gasteiger partial charge in [-0.1, -0.05) is 19.1 Å². The van der Waals surface area contributed by atoms with Gasteiger partial charge in [0.2, 0.25) is 0 Å². The molecule has 2 aromatic carbocycles. The quantitative estimate of drug-likeness (QED) is 0.320. The molecule has 2 saturated heterocycles. The number of carbonyl (C=O) groups is 2. The lowest BCUT2D eigenvalue weighted by Gasteiger charge is -2.29. The number of aryl methyl sites for hydroxylation is 1. The zero-order valence-electron chi connectivity index (χ0n) is 20.8. The predicted molar refractivity (Wildman–Crippen MR) is 134 cm³/mol. The number of hydrogen-bond acceptors (Lipinski definition) is 6. The molecule has 2 heterocycles. The number of Topliss-reactive ketones (excluding diaryl/α,β-unsaturated/α-hetero) is 1. The Labute approximate surface area is 211 Å². The van der Waals surface area contributed by atoms with Crippen molar-refractivity contribution < 1.29 is 28.6 Å². The van der Waals surface area contributed by atoms with Gasteiger partial charge < -0.3 is 19.5 Å². The zero-order valence-corrected chi connectivity index (χ0v) is 20.8. The Morgan fingerprint density at radius 2 is 1.83 bits per heavy atom. The number of likely N-dealkylation sites (tertiary alicyclic amines) is 1. The number of nitrogens with zero attached hydrogens (tertiary/aromatic N) is 2. The van der Waals surface area contributed by atoms with Crippen molar-refractivity contribution in [2.75, 3.05) is 46.0 Å². The summed E-state index contributed by atoms with van der Waals surface area (Å²) in [7, 11) is 0. The average molecular weight is 497 g/mol. The second-order valence-corrected chi connectivity index (χ2v) is 9.18. The Kier molecular flexibility index (Phi) is 8.38. The third-order valence-electron chi connectivity index (χ3n) is 6.63. The number of aliphatic hydroxyl groups excluding tert-OH is 1. The van der Waals surface area contributed by atoms with E-state index in [9.17, 15) is 19.1 Å². The van der Waals surface area contributed by atoms with E-state index in [1.165, 1.54) is 17.0 Å². The number of benzene rings is 2. The summed E-state index contributed by atoms with van der Waals surface area (Å²) in [6.07, 6.45) is 1.53. The predicted octanol–water partition coefficient (Wildman–Crippen LogP) is 4.07. The standard InChI is InChI=1S/C28H33FN2O5/c1-3-15-36-22-9-10-23(19(2)18-22)26(32)24-25(20-5-7-21(29)8-6-20)31(28(34)27(24)33)12-4-11-30-13-16-35-17-14-30/h5-10,18,25,32H,3-4,11-17H2,1-2H3/b26-24+. The van der Waals surface area contributed by atoms with Crippen molar-refractivity contribution >= 4 is 17.4 Å². The molecule has 0 saturated carbocycles. The number of morpholine rings is 1. The third kappa shape index (κ3) is 5.60. The number of carbonyl (C=O) groups excluding carboxylic acids is 2. The van der Waals surface area contributed by atoms with Crippen LogP contribution < -0.4 is 4.74 Å². The first-order valence-electron chi connectivity index (χ1n) is 12.5. The SMILES string of the molecule is CCCOc1ccc(/C(O)=C2\C(=O)C(=O)N(CCCN3CCOCC3)C2c2ccc(F)cc2)c(C)c1. The van der Waals surface area contributed by atoms with E-state index in [-0.39, 0.29) is 11.3 Å². The van der Waals surface area contributed by atoms with Crippen LogP contribution in [0, 0.1) is 12.7 Å². The van der Waals surface area contributed by atoms with E-state index in [0.717, 1.165) is 31.6 Å². The fraction of sp³-hybridized carbons (Fsp3) is 0.429. The van der Waals surface area contributed by atoms with E-state index in [1.807, 2.05) is 13.8 Å². The fourth-order valence-corrected chi connectivity index (χ4v) is 4.75.